The van der Waals surface area contributed by atoms with E-state index in [1.807, 2.05) is 0 Å². The zero-order valence-corrected chi connectivity index (χ0v) is 13.2. The molecule has 1 aromatic carbocycles. The van der Waals surface area contributed by atoms with Crippen LogP contribution >= 0.6 is 0 Å². The number of benzene rings is 1. The summed E-state index contributed by atoms with van der Waals surface area (Å²) in [5, 5.41) is 15.0. The van der Waals surface area contributed by atoms with Gasteiger partial charge in [-0.05, 0) is 25.3 Å². The van der Waals surface area contributed by atoms with E-state index in [-0.39, 0.29) is 23.5 Å². The van der Waals surface area contributed by atoms with Crippen molar-refractivity contribution >= 4 is 6.03 Å². The maximum Gasteiger partial charge on any atom is 0.314 e. The highest BCUT2D eigenvalue weighted by molar-refractivity contribution is 5.74. The number of urea groups is 1. The molecule has 0 unspecified atom stereocenters. The van der Waals surface area contributed by atoms with E-state index >= 15 is 0 Å². The van der Waals surface area contributed by atoms with Crippen LogP contribution in [0.3, 0.4) is 0 Å². The molecule has 0 atom stereocenters. The van der Waals surface area contributed by atoms with Gasteiger partial charge in [0.25, 0.3) is 0 Å². The maximum absolute atomic E-state index is 11.9. The van der Waals surface area contributed by atoms with Crippen molar-refractivity contribution in [3.63, 3.8) is 0 Å². The smallest absolute Gasteiger partial charge is 0.314 e. The van der Waals surface area contributed by atoms with Crippen LogP contribution in [0, 0.1) is 12.3 Å². The zero-order chi connectivity index (χ0) is 15.5. The molecule has 21 heavy (non-hydrogen) atoms. The van der Waals surface area contributed by atoms with Gasteiger partial charge in [-0.2, -0.15) is 0 Å². The first-order valence-corrected chi connectivity index (χ1v) is 7.57. The molecule has 0 aromatic heterocycles. The van der Waals surface area contributed by atoms with E-state index in [9.17, 15) is 9.90 Å². The molecular weight excluding hydrogens is 264 g/mol. The van der Waals surface area contributed by atoms with Gasteiger partial charge < -0.3 is 15.7 Å². The van der Waals surface area contributed by atoms with Gasteiger partial charge in [0.2, 0.25) is 0 Å². The van der Waals surface area contributed by atoms with Crippen molar-refractivity contribution in [2.24, 2.45) is 5.41 Å². The number of nitrogens with one attached hydrogen (secondary N) is 2. The van der Waals surface area contributed by atoms with Crippen molar-refractivity contribution in [3.05, 3.63) is 35.4 Å². The Morgan fingerprint density at radius 3 is 2.38 bits per heavy atom. The molecule has 1 fully saturated rings. The fourth-order valence-electron chi connectivity index (χ4n) is 2.31. The van der Waals surface area contributed by atoms with Gasteiger partial charge in [-0.1, -0.05) is 43.7 Å². The van der Waals surface area contributed by atoms with Gasteiger partial charge in [-0.25, -0.2) is 4.79 Å². The van der Waals surface area contributed by atoms with Gasteiger partial charge in [-0.15, -0.1) is 0 Å². The van der Waals surface area contributed by atoms with Crippen LogP contribution in [0.25, 0.3) is 0 Å². The second kappa shape index (κ2) is 6.06. The third-order valence-corrected chi connectivity index (χ3v) is 4.44. The Labute approximate surface area is 126 Å². The van der Waals surface area contributed by atoms with Crippen LogP contribution in [0.1, 0.15) is 37.8 Å². The highest BCUT2D eigenvalue weighted by Gasteiger charge is 2.42. The second-order valence-electron chi connectivity index (χ2n) is 6.94. The number of hydrogen-bond acceptors (Lipinski definition) is 2. The van der Waals surface area contributed by atoms with Crippen LogP contribution in [0.2, 0.25) is 0 Å². The maximum atomic E-state index is 11.9. The van der Waals surface area contributed by atoms with E-state index < -0.39 is 0 Å². The topological polar surface area (TPSA) is 61.4 Å². The standard InChI is InChI=1S/C17H26N2O2/c1-13-4-6-14(7-5-13)16(2,3)10-18-15(21)19-11-17(12-20)8-9-17/h4-7,20H,8-12H2,1-3H3,(H2,18,19,21). The minimum Gasteiger partial charge on any atom is -0.396 e. The molecule has 0 heterocycles. The molecule has 4 heteroatoms. The highest BCUT2D eigenvalue weighted by atomic mass is 16.3. The molecule has 0 radical (unpaired) electrons. The number of aliphatic hydroxyl groups excluding tert-OH is 1. The lowest BCUT2D eigenvalue weighted by Crippen LogP contribution is -2.44. The highest BCUT2D eigenvalue weighted by Crippen LogP contribution is 2.44. The Morgan fingerprint density at radius 2 is 1.86 bits per heavy atom. The summed E-state index contributed by atoms with van der Waals surface area (Å²) in [5.74, 6) is 0. The van der Waals surface area contributed by atoms with Crippen molar-refractivity contribution in [1.82, 2.24) is 10.6 Å². The van der Waals surface area contributed by atoms with Crippen LogP contribution in [0.15, 0.2) is 24.3 Å². The summed E-state index contributed by atoms with van der Waals surface area (Å²) >= 11 is 0. The first-order valence-electron chi connectivity index (χ1n) is 7.57. The molecule has 0 spiro atoms. The SMILES string of the molecule is Cc1ccc(C(C)(C)CNC(=O)NCC2(CO)CC2)cc1. The molecule has 0 aliphatic heterocycles. The van der Waals surface area contributed by atoms with Crippen molar-refractivity contribution in [2.45, 2.75) is 39.0 Å². The van der Waals surface area contributed by atoms with E-state index in [2.05, 4.69) is 55.7 Å². The molecule has 2 rings (SSSR count). The summed E-state index contributed by atoms with van der Waals surface area (Å²) < 4.78 is 0. The third kappa shape index (κ3) is 4.21. The number of amides is 2. The zero-order valence-electron chi connectivity index (χ0n) is 13.2. The summed E-state index contributed by atoms with van der Waals surface area (Å²) in [6, 6.07) is 8.25. The minimum atomic E-state index is -0.157. The quantitative estimate of drug-likeness (QED) is 0.753. The molecule has 1 aliphatic rings. The van der Waals surface area contributed by atoms with Crippen LogP contribution in [-0.2, 0) is 5.41 Å². The molecular formula is C17H26N2O2. The molecule has 4 nitrogen and oxygen atoms in total. The van der Waals surface area contributed by atoms with Gasteiger partial charge in [-0.3, -0.25) is 0 Å². The molecule has 0 saturated heterocycles. The van der Waals surface area contributed by atoms with Crippen molar-refractivity contribution in [2.75, 3.05) is 19.7 Å². The van der Waals surface area contributed by atoms with Crippen LogP contribution in [0.5, 0.6) is 0 Å². The normalized spacial score (nSPS) is 16.4. The lowest BCUT2D eigenvalue weighted by atomic mass is 9.84. The van der Waals surface area contributed by atoms with Gasteiger partial charge in [0, 0.05) is 23.9 Å². The lowest BCUT2D eigenvalue weighted by molar-refractivity contribution is 0.202. The Balaban J connectivity index is 1.80. The molecule has 1 saturated carbocycles. The number of carbonyl (C=O) groups is 1. The number of aryl methyl sites for hydroxylation is 1. The average Bonchev–Trinajstić information content (AvgIpc) is 3.24. The van der Waals surface area contributed by atoms with Crippen LogP contribution in [0.4, 0.5) is 4.79 Å². The number of aliphatic hydroxyl groups is 1. The van der Waals surface area contributed by atoms with E-state index in [4.69, 9.17) is 0 Å². The van der Waals surface area contributed by atoms with E-state index in [1.54, 1.807) is 0 Å². The van der Waals surface area contributed by atoms with E-state index in [0.29, 0.717) is 13.1 Å². The first-order chi connectivity index (χ1) is 9.87. The number of rotatable bonds is 6. The summed E-state index contributed by atoms with van der Waals surface area (Å²) in [6.45, 7) is 7.59. The van der Waals surface area contributed by atoms with E-state index in [1.165, 1.54) is 11.1 Å². The molecule has 0 bridgehead atoms. The number of carbonyl (C=O) groups excluding carboxylic acids is 1. The summed E-state index contributed by atoms with van der Waals surface area (Å²) in [6.07, 6.45) is 2.00. The third-order valence-electron chi connectivity index (χ3n) is 4.44. The second-order valence-corrected chi connectivity index (χ2v) is 6.94. The Morgan fingerprint density at radius 1 is 1.24 bits per heavy atom. The molecule has 1 aliphatic carbocycles. The number of hydrogen-bond donors (Lipinski definition) is 3. The largest absolute Gasteiger partial charge is 0.396 e. The monoisotopic (exact) mass is 290 g/mol. The fraction of sp³-hybridized carbons (Fsp3) is 0.588. The fourth-order valence-corrected chi connectivity index (χ4v) is 2.31. The van der Waals surface area contributed by atoms with Gasteiger partial charge in [0.1, 0.15) is 0 Å². The van der Waals surface area contributed by atoms with Gasteiger partial charge >= 0.3 is 6.03 Å². The first kappa shape index (κ1) is 15.8. The molecule has 116 valence electrons. The Kier molecular flexibility index (Phi) is 4.57. The molecule has 3 N–H and O–H groups in total. The van der Waals surface area contributed by atoms with Crippen molar-refractivity contribution in [1.29, 1.82) is 0 Å². The molecule has 2 amide bonds. The predicted octanol–water partition coefficient (Wildman–Crippen LogP) is 2.34. The van der Waals surface area contributed by atoms with E-state index in [0.717, 1.165) is 12.8 Å². The minimum absolute atomic E-state index is 0.0518. The average molecular weight is 290 g/mol. The molecule has 1 aromatic rings. The summed E-state index contributed by atoms with van der Waals surface area (Å²) in [7, 11) is 0. The van der Waals surface area contributed by atoms with Gasteiger partial charge in [0.05, 0.1) is 6.61 Å². The summed E-state index contributed by atoms with van der Waals surface area (Å²) in [5.41, 5.74) is 2.28. The lowest BCUT2D eigenvalue weighted by Gasteiger charge is -2.26. The van der Waals surface area contributed by atoms with Gasteiger partial charge in [0.15, 0.2) is 0 Å². The van der Waals surface area contributed by atoms with Crippen molar-refractivity contribution in [3.8, 4) is 0 Å². The predicted molar refractivity (Wildman–Crippen MR) is 84.4 cm³/mol. The van der Waals surface area contributed by atoms with Crippen LogP contribution in [-0.4, -0.2) is 30.8 Å². The summed E-state index contributed by atoms with van der Waals surface area (Å²) in [4.78, 5) is 11.9. The Bertz CT molecular complexity index is 490. The Hall–Kier alpha value is -1.55. The van der Waals surface area contributed by atoms with Crippen molar-refractivity contribution < 1.29 is 9.90 Å². The van der Waals surface area contributed by atoms with Crippen LogP contribution < -0.4 is 10.6 Å².